The van der Waals surface area contributed by atoms with Crippen LogP contribution in [0.2, 0.25) is 0 Å². The van der Waals surface area contributed by atoms with Gasteiger partial charge in [-0.15, -0.1) is 0 Å². The standard InChI is InChI=1S/C64H118O6/c1-4-7-10-13-16-19-21-23-25-27-29-30-31-32-33-34-36-37-39-41-43-45-48-51-54-57-63(66)69-60-61(59-68-62(65)56-53-50-47-18-15-12-9-6-3)70-64(67)58-55-52-49-46-44-42-40-38-35-28-26-24-22-20-17-14-11-8-5-2/h21,23,27,29,31-32,61H,4-20,22,24-26,28,30,33-60H2,1-3H3/b23-21-,29-27-,32-31-. The highest BCUT2D eigenvalue weighted by Gasteiger charge is 2.19. The van der Waals surface area contributed by atoms with Crippen LogP contribution in [0.15, 0.2) is 36.5 Å². The maximum absolute atomic E-state index is 12.8. The predicted molar refractivity (Wildman–Crippen MR) is 302 cm³/mol. The molecule has 0 saturated heterocycles. The van der Waals surface area contributed by atoms with Crippen molar-refractivity contribution in [2.75, 3.05) is 13.2 Å². The molecule has 6 nitrogen and oxygen atoms in total. The van der Waals surface area contributed by atoms with Gasteiger partial charge in [0.2, 0.25) is 0 Å². The molecule has 0 fully saturated rings. The van der Waals surface area contributed by atoms with Gasteiger partial charge in [-0.05, 0) is 57.8 Å². The third-order valence-electron chi connectivity index (χ3n) is 13.9. The Morgan fingerprint density at radius 1 is 0.286 bits per heavy atom. The normalized spacial score (nSPS) is 12.2. The second kappa shape index (κ2) is 59.2. The van der Waals surface area contributed by atoms with E-state index >= 15 is 0 Å². The molecule has 0 aliphatic carbocycles. The number of hydrogen-bond donors (Lipinski definition) is 0. The summed E-state index contributed by atoms with van der Waals surface area (Å²) < 4.78 is 16.9. The number of carbonyl (C=O) groups is 3. The number of esters is 3. The SMILES string of the molecule is CCCCCCC/C=C\C/C=C\C/C=C\CCCCCCCCCCCCC(=O)OCC(COC(=O)CCCCCCCCCC)OC(=O)CCCCCCCCCCCCCCCCCCCCC. The summed E-state index contributed by atoms with van der Waals surface area (Å²) in [7, 11) is 0. The molecule has 0 rings (SSSR count). The van der Waals surface area contributed by atoms with Crippen molar-refractivity contribution < 1.29 is 28.6 Å². The van der Waals surface area contributed by atoms with E-state index in [2.05, 4.69) is 57.2 Å². The minimum atomic E-state index is -0.768. The van der Waals surface area contributed by atoms with Gasteiger partial charge in [-0.2, -0.15) is 0 Å². The van der Waals surface area contributed by atoms with Crippen LogP contribution in [-0.4, -0.2) is 37.2 Å². The number of allylic oxidation sites excluding steroid dienone is 6. The summed E-state index contributed by atoms with van der Waals surface area (Å²) in [5.41, 5.74) is 0. The first-order valence-electron chi connectivity index (χ1n) is 31.0. The van der Waals surface area contributed by atoms with Crippen molar-refractivity contribution >= 4 is 17.9 Å². The highest BCUT2D eigenvalue weighted by Crippen LogP contribution is 2.17. The maximum Gasteiger partial charge on any atom is 0.306 e. The first-order chi connectivity index (χ1) is 34.5. The number of ether oxygens (including phenoxy) is 3. The number of carbonyl (C=O) groups excluding carboxylic acids is 3. The highest BCUT2D eigenvalue weighted by molar-refractivity contribution is 5.71. The van der Waals surface area contributed by atoms with Crippen LogP contribution in [-0.2, 0) is 28.6 Å². The van der Waals surface area contributed by atoms with Gasteiger partial charge >= 0.3 is 17.9 Å². The van der Waals surface area contributed by atoms with Gasteiger partial charge in [0, 0.05) is 19.3 Å². The van der Waals surface area contributed by atoms with E-state index in [-0.39, 0.29) is 31.1 Å². The molecular weight excluding hydrogens is 865 g/mol. The molecule has 0 aromatic rings. The Labute approximate surface area is 435 Å². The number of unbranched alkanes of at least 4 members (excludes halogenated alkanes) is 40. The van der Waals surface area contributed by atoms with Gasteiger partial charge in [0.25, 0.3) is 0 Å². The van der Waals surface area contributed by atoms with Crippen LogP contribution in [0.5, 0.6) is 0 Å². The number of hydrogen-bond acceptors (Lipinski definition) is 6. The molecule has 1 unspecified atom stereocenters. The number of rotatable bonds is 57. The summed E-state index contributed by atoms with van der Waals surface area (Å²) in [6.07, 6.45) is 71.6. The van der Waals surface area contributed by atoms with Gasteiger partial charge in [-0.1, -0.05) is 295 Å². The van der Waals surface area contributed by atoms with Crippen molar-refractivity contribution in [2.24, 2.45) is 0 Å². The zero-order chi connectivity index (χ0) is 50.7. The quantitative estimate of drug-likeness (QED) is 0.0261. The Kier molecular flexibility index (Phi) is 57.2. The highest BCUT2D eigenvalue weighted by atomic mass is 16.6. The van der Waals surface area contributed by atoms with Crippen LogP contribution in [0, 0.1) is 0 Å². The Morgan fingerprint density at radius 2 is 0.514 bits per heavy atom. The van der Waals surface area contributed by atoms with E-state index in [0.29, 0.717) is 19.3 Å². The lowest BCUT2D eigenvalue weighted by Gasteiger charge is -2.18. The molecule has 70 heavy (non-hydrogen) atoms. The summed E-state index contributed by atoms with van der Waals surface area (Å²) >= 11 is 0. The van der Waals surface area contributed by atoms with E-state index in [1.165, 1.54) is 225 Å². The molecule has 0 N–H and O–H groups in total. The van der Waals surface area contributed by atoms with Crippen LogP contribution >= 0.6 is 0 Å². The molecule has 0 aliphatic rings. The van der Waals surface area contributed by atoms with Crippen LogP contribution in [0.1, 0.15) is 335 Å². The molecule has 0 spiro atoms. The second-order valence-corrected chi connectivity index (χ2v) is 21.0. The first kappa shape index (κ1) is 67.6. The monoisotopic (exact) mass is 983 g/mol. The second-order valence-electron chi connectivity index (χ2n) is 21.0. The minimum Gasteiger partial charge on any atom is -0.462 e. The summed E-state index contributed by atoms with van der Waals surface area (Å²) in [5, 5.41) is 0. The van der Waals surface area contributed by atoms with E-state index in [1.54, 1.807) is 0 Å². The molecular formula is C64H118O6. The fourth-order valence-corrected chi connectivity index (χ4v) is 9.22. The fourth-order valence-electron chi connectivity index (χ4n) is 9.22. The molecule has 1 atom stereocenters. The lowest BCUT2D eigenvalue weighted by molar-refractivity contribution is -0.167. The largest absolute Gasteiger partial charge is 0.462 e. The van der Waals surface area contributed by atoms with Crippen LogP contribution in [0.4, 0.5) is 0 Å². The van der Waals surface area contributed by atoms with Crippen molar-refractivity contribution in [3.05, 3.63) is 36.5 Å². The van der Waals surface area contributed by atoms with Gasteiger partial charge in [0.15, 0.2) is 6.10 Å². The van der Waals surface area contributed by atoms with E-state index in [4.69, 9.17) is 14.2 Å². The zero-order valence-electron chi connectivity index (χ0n) is 47.1. The van der Waals surface area contributed by atoms with E-state index in [1.807, 2.05) is 0 Å². The predicted octanol–water partition coefficient (Wildman–Crippen LogP) is 20.8. The smallest absolute Gasteiger partial charge is 0.306 e. The molecule has 0 amide bonds. The lowest BCUT2D eigenvalue weighted by atomic mass is 10.0. The Balaban J connectivity index is 4.16. The van der Waals surface area contributed by atoms with Crippen molar-refractivity contribution in [3.63, 3.8) is 0 Å². The van der Waals surface area contributed by atoms with E-state index in [0.717, 1.165) is 70.6 Å². The molecule has 6 heteroatoms. The fraction of sp³-hybridized carbons (Fsp3) is 0.859. The molecule has 0 bridgehead atoms. The molecule has 0 aliphatic heterocycles. The summed E-state index contributed by atoms with van der Waals surface area (Å²) in [4.78, 5) is 38.1. The third-order valence-corrected chi connectivity index (χ3v) is 13.9. The Bertz CT molecular complexity index is 1170. The Morgan fingerprint density at radius 3 is 0.800 bits per heavy atom. The Hall–Kier alpha value is -2.37. The van der Waals surface area contributed by atoms with E-state index < -0.39 is 6.10 Å². The maximum atomic E-state index is 12.8. The van der Waals surface area contributed by atoms with Crippen LogP contribution in [0.25, 0.3) is 0 Å². The van der Waals surface area contributed by atoms with E-state index in [9.17, 15) is 14.4 Å². The summed E-state index contributed by atoms with van der Waals surface area (Å²) in [5.74, 6) is -0.856. The average molecular weight is 984 g/mol. The van der Waals surface area contributed by atoms with Crippen molar-refractivity contribution in [2.45, 2.75) is 341 Å². The molecule has 0 saturated carbocycles. The van der Waals surface area contributed by atoms with Gasteiger partial charge in [-0.3, -0.25) is 14.4 Å². The molecule has 0 aromatic carbocycles. The van der Waals surface area contributed by atoms with Gasteiger partial charge in [-0.25, -0.2) is 0 Å². The lowest BCUT2D eigenvalue weighted by Crippen LogP contribution is -2.30. The minimum absolute atomic E-state index is 0.0687. The van der Waals surface area contributed by atoms with Crippen LogP contribution in [0.3, 0.4) is 0 Å². The first-order valence-corrected chi connectivity index (χ1v) is 31.0. The average Bonchev–Trinajstić information content (AvgIpc) is 3.36. The summed E-state index contributed by atoms with van der Waals surface area (Å²) in [6.45, 7) is 6.65. The van der Waals surface area contributed by atoms with Gasteiger partial charge < -0.3 is 14.2 Å². The molecule has 0 heterocycles. The van der Waals surface area contributed by atoms with Gasteiger partial charge in [0.1, 0.15) is 13.2 Å². The molecule has 0 radical (unpaired) electrons. The zero-order valence-corrected chi connectivity index (χ0v) is 47.1. The van der Waals surface area contributed by atoms with Crippen molar-refractivity contribution in [1.82, 2.24) is 0 Å². The molecule has 410 valence electrons. The third kappa shape index (κ3) is 56.5. The van der Waals surface area contributed by atoms with Crippen molar-refractivity contribution in [1.29, 1.82) is 0 Å². The topological polar surface area (TPSA) is 78.9 Å². The summed E-state index contributed by atoms with van der Waals surface area (Å²) in [6, 6.07) is 0. The van der Waals surface area contributed by atoms with Gasteiger partial charge in [0.05, 0.1) is 0 Å². The van der Waals surface area contributed by atoms with Crippen LogP contribution < -0.4 is 0 Å². The van der Waals surface area contributed by atoms with Crippen molar-refractivity contribution in [3.8, 4) is 0 Å². The molecule has 0 aromatic heterocycles.